The van der Waals surface area contributed by atoms with E-state index in [0.717, 1.165) is 48.1 Å². The lowest BCUT2D eigenvalue weighted by atomic mass is 10.1. The summed E-state index contributed by atoms with van der Waals surface area (Å²) < 4.78 is 7.50. The van der Waals surface area contributed by atoms with E-state index in [1.807, 2.05) is 11.6 Å². The molecule has 0 fully saturated rings. The van der Waals surface area contributed by atoms with Crippen LogP contribution >= 0.6 is 11.3 Å². The summed E-state index contributed by atoms with van der Waals surface area (Å²) in [4.78, 5) is 4.59. The molecule has 2 aromatic heterocycles. The van der Waals surface area contributed by atoms with Gasteiger partial charge >= 0.3 is 0 Å². The smallest absolute Gasteiger partial charge is 0.161 e. The Morgan fingerprint density at radius 2 is 2.24 bits per heavy atom. The monoisotopic (exact) mass is 308 g/mol. The molecule has 2 heterocycles. The first kappa shape index (κ1) is 16.0. The molecule has 0 bridgehead atoms. The lowest BCUT2D eigenvalue weighted by Crippen LogP contribution is -2.27. The predicted octanol–water partition coefficient (Wildman–Crippen LogP) is 2.96. The van der Waals surface area contributed by atoms with Gasteiger partial charge in [0.25, 0.3) is 0 Å². The minimum absolute atomic E-state index is 0.170. The molecule has 0 aromatic carbocycles. The van der Waals surface area contributed by atoms with Crippen molar-refractivity contribution in [2.45, 2.75) is 46.2 Å². The van der Waals surface area contributed by atoms with E-state index in [2.05, 4.69) is 34.6 Å². The Bertz CT molecular complexity index is 542. The predicted molar refractivity (Wildman–Crippen MR) is 86.0 cm³/mol. The van der Waals surface area contributed by atoms with Crippen LogP contribution in [0, 0.1) is 6.92 Å². The molecule has 1 atom stereocenters. The minimum Gasteiger partial charge on any atom is -0.493 e. The number of rotatable bonds is 8. The Morgan fingerprint density at radius 1 is 1.43 bits per heavy atom. The molecule has 1 unspecified atom stereocenters. The maximum Gasteiger partial charge on any atom is 0.161 e. The number of nitrogens with zero attached hydrogens (tertiary/aromatic N) is 3. The van der Waals surface area contributed by atoms with E-state index in [1.165, 1.54) is 0 Å². The van der Waals surface area contributed by atoms with E-state index in [4.69, 9.17) is 4.74 Å². The number of ether oxygens (including phenoxy) is 1. The van der Waals surface area contributed by atoms with Gasteiger partial charge in [-0.3, -0.25) is 4.68 Å². The molecular weight excluding hydrogens is 284 g/mol. The molecule has 2 aromatic rings. The van der Waals surface area contributed by atoms with Crippen molar-refractivity contribution in [3.8, 4) is 5.75 Å². The van der Waals surface area contributed by atoms with Crippen molar-refractivity contribution in [1.29, 1.82) is 0 Å². The molecular formula is C15H24N4OS. The number of thiazole rings is 1. The Balaban J connectivity index is 2.28. The van der Waals surface area contributed by atoms with E-state index in [0.29, 0.717) is 0 Å². The van der Waals surface area contributed by atoms with Gasteiger partial charge in [-0.2, -0.15) is 5.10 Å². The van der Waals surface area contributed by atoms with Crippen LogP contribution < -0.4 is 10.1 Å². The maximum absolute atomic E-state index is 5.49. The molecule has 0 amide bonds. The van der Waals surface area contributed by atoms with Crippen LogP contribution in [0.15, 0.2) is 11.6 Å². The summed E-state index contributed by atoms with van der Waals surface area (Å²) in [5.74, 6) is 0.845. The fourth-order valence-corrected chi connectivity index (χ4v) is 3.06. The molecule has 2 rings (SSSR count). The first-order valence-electron chi connectivity index (χ1n) is 7.43. The largest absolute Gasteiger partial charge is 0.493 e. The fourth-order valence-electron chi connectivity index (χ4n) is 2.43. The lowest BCUT2D eigenvalue weighted by Gasteiger charge is -2.20. The van der Waals surface area contributed by atoms with E-state index in [-0.39, 0.29) is 6.04 Å². The number of methoxy groups -OCH3 is 1. The number of aromatic nitrogens is 3. The van der Waals surface area contributed by atoms with Crippen molar-refractivity contribution in [2.75, 3.05) is 13.7 Å². The van der Waals surface area contributed by atoms with Crippen LogP contribution in [0.4, 0.5) is 0 Å². The van der Waals surface area contributed by atoms with E-state index in [1.54, 1.807) is 24.6 Å². The summed E-state index contributed by atoms with van der Waals surface area (Å²) in [6.45, 7) is 8.11. The highest BCUT2D eigenvalue weighted by atomic mass is 32.1. The average Bonchev–Trinajstić information content (AvgIpc) is 3.08. The third-order valence-electron chi connectivity index (χ3n) is 3.41. The molecule has 0 radical (unpaired) electrons. The zero-order valence-corrected chi connectivity index (χ0v) is 14.0. The molecule has 0 aliphatic carbocycles. The average molecular weight is 308 g/mol. The molecule has 6 heteroatoms. The third kappa shape index (κ3) is 3.83. The van der Waals surface area contributed by atoms with Crippen LogP contribution in [0.1, 0.15) is 42.7 Å². The van der Waals surface area contributed by atoms with Crippen molar-refractivity contribution >= 4 is 11.3 Å². The summed E-state index contributed by atoms with van der Waals surface area (Å²) in [7, 11) is 1.70. The quantitative estimate of drug-likeness (QED) is 0.814. The van der Waals surface area contributed by atoms with Gasteiger partial charge in [0.15, 0.2) is 5.75 Å². The van der Waals surface area contributed by atoms with Crippen molar-refractivity contribution < 1.29 is 4.74 Å². The zero-order chi connectivity index (χ0) is 15.2. The first-order valence-corrected chi connectivity index (χ1v) is 8.31. The molecule has 0 aliphatic rings. The van der Waals surface area contributed by atoms with Crippen LogP contribution in [-0.4, -0.2) is 28.4 Å². The Labute approximate surface area is 130 Å². The van der Waals surface area contributed by atoms with Gasteiger partial charge in [-0.05, 0) is 26.8 Å². The Hall–Kier alpha value is -1.40. The second-order valence-electron chi connectivity index (χ2n) is 4.98. The third-order valence-corrected chi connectivity index (χ3v) is 4.24. The number of hydrogen-bond acceptors (Lipinski definition) is 5. The van der Waals surface area contributed by atoms with Crippen LogP contribution in [0.5, 0.6) is 5.75 Å². The van der Waals surface area contributed by atoms with Gasteiger partial charge in [-0.25, -0.2) is 4.98 Å². The SMILES string of the molecule is CCCNC(Cc1csc(C)n1)c1c(OC)cnn1CC. The fraction of sp³-hybridized carbons (Fsp3) is 0.600. The van der Waals surface area contributed by atoms with Crippen LogP contribution in [0.2, 0.25) is 0 Å². The van der Waals surface area contributed by atoms with Gasteiger partial charge in [-0.15, -0.1) is 11.3 Å². The van der Waals surface area contributed by atoms with Crippen molar-refractivity contribution in [3.63, 3.8) is 0 Å². The van der Waals surface area contributed by atoms with Crippen molar-refractivity contribution in [2.24, 2.45) is 0 Å². The maximum atomic E-state index is 5.49. The van der Waals surface area contributed by atoms with Gasteiger partial charge in [0.2, 0.25) is 0 Å². The highest BCUT2D eigenvalue weighted by Gasteiger charge is 2.22. The van der Waals surface area contributed by atoms with Gasteiger partial charge in [-0.1, -0.05) is 6.92 Å². The second kappa shape index (κ2) is 7.56. The number of hydrogen-bond donors (Lipinski definition) is 1. The number of aryl methyl sites for hydroxylation is 2. The van der Waals surface area contributed by atoms with E-state index in [9.17, 15) is 0 Å². The summed E-state index contributed by atoms with van der Waals surface area (Å²) in [6, 6.07) is 0.170. The van der Waals surface area contributed by atoms with Crippen LogP contribution in [0.25, 0.3) is 0 Å². The second-order valence-corrected chi connectivity index (χ2v) is 6.04. The summed E-state index contributed by atoms with van der Waals surface area (Å²) in [5, 5.41) is 11.3. The normalized spacial score (nSPS) is 12.6. The molecule has 21 heavy (non-hydrogen) atoms. The molecule has 0 aliphatic heterocycles. The molecule has 0 saturated carbocycles. The first-order chi connectivity index (χ1) is 10.2. The van der Waals surface area contributed by atoms with Gasteiger partial charge < -0.3 is 10.1 Å². The lowest BCUT2D eigenvalue weighted by molar-refractivity contribution is 0.389. The van der Waals surface area contributed by atoms with Crippen molar-refractivity contribution in [1.82, 2.24) is 20.1 Å². The standard InChI is InChI=1S/C15H24N4OS/c1-5-7-16-13(8-12-10-21-11(3)18-12)15-14(20-4)9-17-19(15)6-2/h9-10,13,16H,5-8H2,1-4H3. The van der Waals surface area contributed by atoms with Gasteiger partial charge in [0.05, 0.1) is 35.7 Å². The molecule has 0 spiro atoms. The molecule has 0 saturated heterocycles. The molecule has 5 nitrogen and oxygen atoms in total. The van der Waals surface area contributed by atoms with Gasteiger partial charge in [0.1, 0.15) is 0 Å². The molecule has 1 N–H and O–H groups in total. The zero-order valence-electron chi connectivity index (χ0n) is 13.2. The van der Waals surface area contributed by atoms with E-state index >= 15 is 0 Å². The highest BCUT2D eigenvalue weighted by Crippen LogP contribution is 2.28. The Kier molecular flexibility index (Phi) is 5.76. The Morgan fingerprint density at radius 3 is 2.81 bits per heavy atom. The van der Waals surface area contributed by atoms with Crippen LogP contribution in [-0.2, 0) is 13.0 Å². The topological polar surface area (TPSA) is 52.0 Å². The van der Waals surface area contributed by atoms with E-state index < -0.39 is 0 Å². The highest BCUT2D eigenvalue weighted by molar-refractivity contribution is 7.09. The van der Waals surface area contributed by atoms with Gasteiger partial charge in [0, 0.05) is 18.3 Å². The van der Waals surface area contributed by atoms with Crippen LogP contribution in [0.3, 0.4) is 0 Å². The summed E-state index contributed by atoms with van der Waals surface area (Å²) in [5.41, 5.74) is 2.23. The number of nitrogens with one attached hydrogen (secondary N) is 1. The summed E-state index contributed by atoms with van der Waals surface area (Å²) in [6.07, 6.45) is 3.74. The van der Waals surface area contributed by atoms with Crippen molar-refractivity contribution in [3.05, 3.63) is 28.0 Å². The summed E-state index contributed by atoms with van der Waals surface area (Å²) >= 11 is 1.69. The minimum atomic E-state index is 0.170. The molecule has 116 valence electrons.